The topological polar surface area (TPSA) is 116 Å². The van der Waals surface area contributed by atoms with Crippen LogP contribution in [0.15, 0.2) is 40.5 Å². The number of rotatable bonds is 7. The molecule has 2 aliphatic rings. The SMILES string of the molecule is C=NN/C(=N/N)N1CCC(CN2CCCC(N(Cc3cc(C(F)(F)F)cc(C(F)(F)F)c3)c3nnn(C)n3)c3cc(C)cc(C)c32)CC1. The lowest BCUT2D eigenvalue weighted by atomic mass is 9.93. The van der Waals surface area contributed by atoms with Crippen molar-refractivity contribution >= 4 is 24.3 Å². The number of piperidine rings is 1. The van der Waals surface area contributed by atoms with Crippen LogP contribution >= 0.6 is 0 Å². The molecule has 1 unspecified atom stereocenters. The largest absolute Gasteiger partial charge is 0.416 e. The van der Waals surface area contributed by atoms with E-state index < -0.39 is 29.5 Å². The monoisotopic (exact) mass is 679 g/mol. The molecule has 1 fully saturated rings. The van der Waals surface area contributed by atoms with Gasteiger partial charge in [-0.15, -0.1) is 10.2 Å². The van der Waals surface area contributed by atoms with Crippen LogP contribution in [0, 0.1) is 19.8 Å². The van der Waals surface area contributed by atoms with Crippen LogP contribution in [0.25, 0.3) is 0 Å². The van der Waals surface area contributed by atoms with Crippen molar-refractivity contribution in [1.29, 1.82) is 0 Å². The van der Waals surface area contributed by atoms with Gasteiger partial charge < -0.3 is 20.5 Å². The van der Waals surface area contributed by atoms with Crippen LogP contribution in [0.2, 0.25) is 0 Å². The molecule has 1 atom stereocenters. The zero-order chi connectivity index (χ0) is 34.8. The second-order valence-corrected chi connectivity index (χ2v) is 12.4. The number of aromatic nitrogens is 4. The maximum Gasteiger partial charge on any atom is 0.416 e. The molecule has 2 aliphatic heterocycles. The molecule has 1 aromatic heterocycles. The maximum absolute atomic E-state index is 13.8. The minimum atomic E-state index is -4.97. The highest BCUT2D eigenvalue weighted by atomic mass is 19.4. The van der Waals surface area contributed by atoms with Crippen LogP contribution < -0.4 is 21.1 Å². The van der Waals surface area contributed by atoms with E-state index in [1.807, 2.05) is 24.8 Å². The van der Waals surface area contributed by atoms with Crippen LogP contribution in [-0.2, 0) is 25.9 Å². The van der Waals surface area contributed by atoms with E-state index in [2.05, 4.69) is 48.7 Å². The highest BCUT2D eigenvalue weighted by molar-refractivity contribution is 5.79. The second kappa shape index (κ2) is 13.9. The lowest BCUT2D eigenvalue weighted by Crippen LogP contribution is -2.46. The Morgan fingerprint density at radius 1 is 1.00 bits per heavy atom. The summed E-state index contributed by atoms with van der Waals surface area (Å²) in [6.45, 7) is 10.1. The number of likely N-dealkylation sites (tertiary alicyclic amines) is 1. The third-order valence-electron chi connectivity index (χ3n) is 8.88. The number of nitrogens with two attached hydrogens (primary N) is 1. The quantitative estimate of drug-likeness (QED) is 0.113. The van der Waals surface area contributed by atoms with Crippen molar-refractivity contribution in [3.05, 3.63) is 63.7 Å². The van der Waals surface area contributed by atoms with Crippen molar-refractivity contribution in [3.8, 4) is 0 Å². The number of hydrazone groups is 2. The van der Waals surface area contributed by atoms with Gasteiger partial charge in [0.2, 0.25) is 5.96 Å². The maximum atomic E-state index is 13.8. The summed E-state index contributed by atoms with van der Waals surface area (Å²) in [5.41, 5.74) is 3.74. The van der Waals surface area contributed by atoms with Crippen LogP contribution in [0.5, 0.6) is 0 Å². The van der Waals surface area contributed by atoms with Gasteiger partial charge in [0.1, 0.15) is 0 Å². The van der Waals surface area contributed by atoms with Crippen molar-refractivity contribution in [2.24, 2.45) is 29.0 Å². The lowest BCUT2D eigenvalue weighted by molar-refractivity contribution is -0.143. The summed E-state index contributed by atoms with van der Waals surface area (Å²) in [4.78, 5) is 7.28. The molecule has 3 heterocycles. The number of fused-ring (bicyclic) bond motifs is 1. The van der Waals surface area contributed by atoms with E-state index in [1.165, 1.54) is 4.80 Å². The molecular weight excluding hydrogens is 640 g/mol. The van der Waals surface area contributed by atoms with Gasteiger partial charge in [0.05, 0.1) is 24.2 Å². The molecule has 0 bridgehead atoms. The zero-order valence-corrected chi connectivity index (χ0v) is 27.0. The van der Waals surface area contributed by atoms with Gasteiger partial charge in [-0.25, -0.2) is 5.43 Å². The number of nitrogens with zero attached hydrogens (tertiary/aromatic N) is 9. The molecular formula is C31H39F6N11. The van der Waals surface area contributed by atoms with Crippen LogP contribution in [0.4, 0.5) is 38.0 Å². The lowest BCUT2D eigenvalue weighted by Gasteiger charge is -2.37. The number of guanidine groups is 1. The molecule has 3 aromatic rings. The van der Waals surface area contributed by atoms with Gasteiger partial charge in [0.25, 0.3) is 5.95 Å². The standard InChI is InChI=1S/C31H39F6N11/c1-19-12-20(2)27-25(13-19)26(6-5-9-47(27)17-21-7-10-46(11-8-21)28(40-38)41-39-3)48(29-42-44-45(4)43-29)18-22-14-23(30(32,33)34)16-24(15-22)31(35,36)37/h12-16,21,26H,3,5-11,17-18,38H2,1-2,4H3,(H,40,41). The Morgan fingerprint density at radius 2 is 1.67 bits per heavy atom. The number of hydrogen-bond donors (Lipinski definition) is 2. The van der Waals surface area contributed by atoms with Gasteiger partial charge in [-0.1, -0.05) is 22.8 Å². The molecule has 0 amide bonds. The molecule has 0 radical (unpaired) electrons. The van der Waals surface area contributed by atoms with Gasteiger partial charge in [-0.2, -0.15) is 36.2 Å². The van der Waals surface area contributed by atoms with E-state index in [0.29, 0.717) is 31.3 Å². The summed E-state index contributed by atoms with van der Waals surface area (Å²) >= 11 is 0. The molecule has 48 heavy (non-hydrogen) atoms. The molecule has 260 valence electrons. The molecule has 1 saturated heterocycles. The Bertz CT molecular complexity index is 1590. The molecule has 0 spiro atoms. The van der Waals surface area contributed by atoms with Crippen molar-refractivity contribution < 1.29 is 26.3 Å². The third-order valence-corrected chi connectivity index (χ3v) is 8.88. The molecule has 0 saturated carbocycles. The van der Waals surface area contributed by atoms with Crippen molar-refractivity contribution in [2.75, 3.05) is 36.0 Å². The molecule has 2 aromatic carbocycles. The fourth-order valence-electron chi connectivity index (χ4n) is 6.84. The third kappa shape index (κ3) is 7.76. The number of tetrazole rings is 1. The Hall–Kier alpha value is -4.57. The van der Waals surface area contributed by atoms with Crippen LogP contribution in [-0.4, -0.2) is 64.0 Å². The van der Waals surface area contributed by atoms with E-state index >= 15 is 0 Å². The number of halogens is 6. The summed E-state index contributed by atoms with van der Waals surface area (Å²) in [5, 5.41) is 19.9. The average Bonchev–Trinajstić information content (AvgIpc) is 3.37. The molecule has 17 heteroatoms. The Kier molecular flexibility index (Phi) is 10.1. The Morgan fingerprint density at radius 3 is 2.23 bits per heavy atom. The van der Waals surface area contributed by atoms with Crippen LogP contribution in [0.1, 0.15) is 65.1 Å². The molecule has 11 nitrogen and oxygen atoms in total. The number of aryl methyl sites for hydroxylation is 3. The van der Waals surface area contributed by atoms with Crippen molar-refractivity contribution in [2.45, 2.75) is 64.5 Å². The molecule has 3 N–H and O–H groups in total. The van der Waals surface area contributed by atoms with Gasteiger partial charge in [-0.3, -0.25) is 0 Å². The Labute approximate surface area is 274 Å². The van der Waals surface area contributed by atoms with Gasteiger partial charge in [0.15, 0.2) is 0 Å². The average molecular weight is 680 g/mol. The predicted molar refractivity (Wildman–Crippen MR) is 170 cm³/mol. The van der Waals surface area contributed by atoms with Gasteiger partial charge in [0, 0.05) is 45.1 Å². The summed E-state index contributed by atoms with van der Waals surface area (Å²) in [7, 11) is 1.55. The first-order chi connectivity index (χ1) is 22.7. The fourth-order valence-corrected chi connectivity index (χ4v) is 6.84. The highest BCUT2D eigenvalue weighted by Crippen LogP contribution is 2.43. The zero-order valence-electron chi connectivity index (χ0n) is 27.0. The number of nitrogens with one attached hydrogen (secondary N) is 1. The highest BCUT2D eigenvalue weighted by Gasteiger charge is 2.38. The predicted octanol–water partition coefficient (Wildman–Crippen LogP) is 5.36. The minimum absolute atomic E-state index is 0.111. The second-order valence-electron chi connectivity index (χ2n) is 12.4. The first kappa shape index (κ1) is 34.8. The normalized spacial score (nSPS) is 18.0. The van der Waals surface area contributed by atoms with E-state index in [-0.39, 0.29) is 24.1 Å². The fraction of sp³-hybridized carbons (Fsp3) is 0.516. The van der Waals surface area contributed by atoms with Gasteiger partial charge in [-0.05, 0) is 85.6 Å². The minimum Gasteiger partial charge on any atom is -0.371 e. The van der Waals surface area contributed by atoms with Gasteiger partial charge >= 0.3 is 12.4 Å². The summed E-state index contributed by atoms with van der Waals surface area (Å²) in [5.74, 6) is 6.44. The van der Waals surface area contributed by atoms with E-state index in [9.17, 15) is 26.3 Å². The number of benzene rings is 2. The smallest absolute Gasteiger partial charge is 0.371 e. The number of alkyl halides is 6. The Balaban J connectivity index is 1.51. The van der Waals surface area contributed by atoms with E-state index in [1.54, 1.807) is 11.9 Å². The van der Waals surface area contributed by atoms with E-state index in [4.69, 9.17) is 5.84 Å². The van der Waals surface area contributed by atoms with Crippen molar-refractivity contribution in [1.82, 2.24) is 30.5 Å². The first-order valence-corrected chi connectivity index (χ1v) is 15.6. The molecule has 5 rings (SSSR count). The summed E-state index contributed by atoms with van der Waals surface area (Å²) in [6, 6.07) is 5.33. The summed E-state index contributed by atoms with van der Waals surface area (Å²) < 4.78 is 82.8. The molecule has 0 aliphatic carbocycles. The van der Waals surface area contributed by atoms with E-state index in [0.717, 1.165) is 67.0 Å². The summed E-state index contributed by atoms with van der Waals surface area (Å²) in [6.07, 6.45) is -6.91. The number of anilines is 2. The van der Waals surface area contributed by atoms with Crippen LogP contribution in [0.3, 0.4) is 0 Å². The number of hydrogen-bond acceptors (Lipinski definition) is 8. The first-order valence-electron chi connectivity index (χ1n) is 15.6. The van der Waals surface area contributed by atoms with Crippen molar-refractivity contribution in [3.63, 3.8) is 0 Å².